The average molecular weight is 473 g/mol. The molecule has 2 amide bonds. The second-order valence-electron chi connectivity index (χ2n) is 8.43. The molecule has 0 saturated heterocycles. The first kappa shape index (κ1) is 25.8. The van der Waals surface area contributed by atoms with Crippen molar-refractivity contribution in [2.75, 3.05) is 13.2 Å². The predicted octanol–water partition coefficient (Wildman–Crippen LogP) is 6.01. The van der Waals surface area contributed by atoms with Gasteiger partial charge in [0.15, 0.2) is 11.5 Å². The summed E-state index contributed by atoms with van der Waals surface area (Å²) in [4.78, 5) is 27.8. The van der Waals surface area contributed by atoms with E-state index in [0.29, 0.717) is 35.9 Å². The van der Waals surface area contributed by atoms with Crippen LogP contribution in [0.3, 0.4) is 0 Å². The zero-order valence-electron chi connectivity index (χ0n) is 20.8. The lowest BCUT2D eigenvalue weighted by molar-refractivity contribution is -0.143. The van der Waals surface area contributed by atoms with Crippen molar-refractivity contribution >= 4 is 17.9 Å². The average Bonchev–Trinajstić information content (AvgIpc) is 2.86. The van der Waals surface area contributed by atoms with Crippen molar-refractivity contribution in [2.24, 2.45) is 0 Å². The number of imide groups is 1. The van der Waals surface area contributed by atoms with E-state index < -0.39 is 17.9 Å². The molecule has 6 nitrogen and oxygen atoms in total. The second-order valence-corrected chi connectivity index (χ2v) is 8.43. The van der Waals surface area contributed by atoms with Crippen LogP contribution in [0.1, 0.15) is 64.1 Å². The number of ether oxygens (including phenoxy) is 2. The van der Waals surface area contributed by atoms with Gasteiger partial charge in [-0.05, 0) is 62.1 Å². The van der Waals surface area contributed by atoms with E-state index in [1.165, 1.54) is 4.90 Å². The van der Waals surface area contributed by atoms with Gasteiger partial charge >= 0.3 is 0 Å². The number of carbonyl (C=O) groups excluding carboxylic acids is 2. The molecular weight excluding hydrogens is 440 g/mol. The van der Waals surface area contributed by atoms with Crippen molar-refractivity contribution in [1.82, 2.24) is 4.90 Å². The molecule has 35 heavy (non-hydrogen) atoms. The van der Waals surface area contributed by atoms with E-state index in [2.05, 4.69) is 6.92 Å². The molecule has 0 aromatic heterocycles. The van der Waals surface area contributed by atoms with Gasteiger partial charge in [0.05, 0.1) is 19.3 Å². The molecule has 0 bridgehead atoms. The summed E-state index contributed by atoms with van der Waals surface area (Å²) < 4.78 is 11.7. The van der Waals surface area contributed by atoms with E-state index in [4.69, 9.17) is 9.47 Å². The van der Waals surface area contributed by atoms with E-state index in [1.807, 2.05) is 61.5 Å². The van der Waals surface area contributed by atoms with Gasteiger partial charge in [-0.2, -0.15) is 5.26 Å². The number of benzene rings is 2. The van der Waals surface area contributed by atoms with Gasteiger partial charge < -0.3 is 9.47 Å². The van der Waals surface area contributed by atoms with Crippen LogP contribution in [0, 0.1) is 11.3 Å². The molecule has 0 fully saturated rings. The van der Waals surface area contributed by atoms with Crippen LogP contribution in [-0.2, 0) is 9.59 Å². The van der Waals surface area contributed by atoms with Gasteiger partial charge in [-0.3, -0.25) is 14.5 Å². The minimum absolute atomic E-state index is 0.0282. The highest BCUT2D eigenvalue weighted by Crippen LogP contribution is 2.34. The molecule has 3 rings (SSSR count). The summed E-state index contributed by atoms with van der Waals surface area (Å²) >= 11 is 0. The van der Waals surface area contributed by atoms with E-state index in [1.54, 1.807) is 19.9 Å². The molecular formula is C29H32N2O4. The summed E-state index contributed by atoms with van der Waals surface area (Å²) in [6.45, 7) is 8.55. The molecule has 1 heterocycles. The van der Waals surface area contributed by atoms with Crippen LogP contribution in [0.25, 0.3) is 6.08 Å². The Hall–Kier alpha value is -3.85. The molecule has 1 atom stereocenters. The van der Waals surface area contributed by atoms with Crippen LogP contribution >= 0.6 is 0 Å². The third kappa shape index (κ3) is 5.81. The molecule has 182 valence electrons. The fraction of sp³-hybridized carbons (Fsp3) is 0.345. The topological polar surface area (TPSA) is 79.6 Å². The van der Waals surface area contributed by atoms with E-state index in [-0.39, 0.29) is 5.57 Å². The Kier molecular flexibility index (Phi) is 8.86. The lowest BCUT2D eigenvalue weighted by atomic mass is 9.91. The van der Waals surface area contributed by atoms with Gasteiger partial charge in [0.1, 0.15) is 11.6 Å². The third-order valence-electron chi connectivity index (χ3n) is 6.03. The minimum atomic E-state index is -0.575. The zero-order chi connectivity index (χ0) is 25.4. The Labute approximate surface area is 207 Å². The Morgan fingerprint density at radius 2 is 1.74 bits per heavy atom. The molecule has 6 heteroatoms. The van der Waals surface area contributed by atoms with Crippen molar-refractivity contribution in [2.45, 2.75) is 53.0 Å². The van der Waals surface area contributed by atoms with Gasteiger partial charge in [-0.1, -0.05) is 56.2 Å². The van der Waals surface area contributed by atoms with Gasteiger partial charge in [0.25, 0.3) is 11.8 Å². The van der Waals surface area contributed by atoms with Gasteiger partial charge in [0, 0.05) is 5.57 Å². The molecule has 0 spiro atoms. The highest BCUT2D eigenvalue weighted by Gasteiger charge is 2.38. The molecule has 2 aromatic rings. The van der Waals surface area contributed by atoms with Crippen molar-refractivity contribution in [3.05, 3.63) is 76.4 Å². The molecule has 1 aliphatic heterocycles. The zero-order valence-corrected chi connectivity index (χ0v) is 20.8. The lowest BCUT2D eigenvalue weighted by Gasteiger charge is -2.32. The SMILES string of the molecule is CCCCCOc1ccc(/C=C2/C(=O)N(C(C)c3ccccc3)C(=O)C(C#N)=C2C)cc1OCC. The molecule has 0 radical (unpaired) electrons. The molecule has 1 aliphatic rings. The Morgan fingerprint density at radius 3 is 2.40 bits per heavy atom. The van der Waals surface area contributed by atoms with Crippen molar-refractivity contribution < 1.29 is 19.1 Å². The van der Waals surface area contributed by atoms with E-state index >= 15 is 0 Å². The second kappa shape index (κ2) is 12.0. The summed E-state index contributed by atoms with van der Waals surface area (Å²) in [5.41, 5.74) is 2.18. The molecule has 1 unspecified atom stereocenters. The highest BCUT2D eigenvalue weighted by atomic mass is 16.5. The Morgan fingerprint density at radius 1 is 1.00 bits per heavy atom. The quantitative estimate of drug-likeness (QED) is 0.240. The first-order chi connectivity index (χ1) is 16.9. The van der Waals surface area contributed by atoms with Gasteiger partial charge in [-0.25, -0.2) is 0 Å². The van der Waals surface area contributed by atoms with Crippen LogP contribution in [0.15, 0.2) is 65.3 Å². The number of hydrogen-bond donors (Lipinski definition) is 0. The fourth-order valence-electron chi connectivity index (χ4n) is 4.03. The van der Waals surface area contributed by atoms with E-state index in [9.17, 15) is 14.9 Å². The number of carbonyl (C=O) groups is 2. The van der Waals surface area contributed by atoms with Crippen molar-refractivity contribution in [1.29, 1.82) is 5.26 Å². The summed E-state index contributed by atoms with van der Waals surface area (Å²) in [7, 11) is 0. The molecule has 0 N–H and O–H groups in total. The Balaban J connectivity index is 1.99. The van der Waals surface area contributed by atoms with Crippen molar-refractivity contribution in [3.8, 4) is 17.6 Å². The van der Waals surface area contributed by atoms with Crippen LogP contribution < -0.4 is 9.47 Å². The summed E-state index contributed by atoms with van der Waals surface area (Å²) in [5.74, 6) is 0.240. The monoisotopic (exact) mass is 472 g/mol. The summed E-state index contributed by atoms with van der Waals surface area (Å²) in [5, 5.41) is 9.71. The fourth-order valence-corrected chi connectivity index (χ4v) is 4.03. The predicted molar refractivity (Wildman–Crippen MR) is 136 cm³/mol. The van der Waals surface area contributed by atoms with E-state index in [0.717, 1.165) is 30.4 Å². The lowest BCUT2D eigenvalue weighted by Crippen LogP contribution is -2.44. The Bertz CT molecular complexity index is 1170. The number of hydrogen-bond acceptors (Lipinski definition) is 5. The van der Waals surface area contributed by atoms with Crippen LogP contribution in [-0.4, -0.2) is 29.9 Å². The first-order valence-corrected chi connectivity index (χ1v) is 12.1. The van der Waals surface area contributed by atoms with Crippen LogP contribution in [0.5, 0.6) is 11.5 Å². The largest absolute Gasteiger partial charge is 0.490 e. The van der Waals surface area contributed by atoms with Gasteiger partial charge in [-0.15, -0.1) is 0 Å². The number of nitriles is 1. The van der Waals surface area contributed by atoms with Crippen molar-refractivity contribution in [3.63, 3.8) is 0 Å². The maximum Gasteiger partial charge on any atom is 0.272 e. The highest BCUT2D eigenvalue weighted by molar-refractivity contribution is 6.20. The smallest absolute Gasteiger partial charge is 0.272 e. The number of rotatable bonds is 10. The number of nitrogens with zero attached hydrogens (tertiary/aromatic N) is 2. The third-order valence-corrected chi connectivity index (χ3v) is 6.03. The maximum absolute atomic E-state index is 13.5. The number of amides is 2. The maximum atomic E-state index is 13.5. The molecule has 0 saturated carbocycles. The van der Waals surface area contributed by atoms with Crippen LogP contribution in [0.2, 0.25) is 0 Å². The summed E-state index contributed by atoms with van der Waals surface area (Å²) in [6.07, 6.45) is 4.88. The molecule has 2 aromatic carbocycles. The standard InChI is InChI=1S/C29H32N2O4/c1-5-7-11-16-35-26-15-14-22(18-27(26)34-6-2)17-24-20(3)25(19-30)29(33)31(28(24)32)21(4)23-12-9-8-10-13-23/h8-10,12-15,17-18,21H,5-7,11,16H2,1-4H3/b24-17+. The molecule has 0 aliphatic carbocycles. The normalized spacial score (nSPS) is 15.9. The van der Waals surface area contributed by atoms with Crippen LogP contribution in [0.4, 0.5) is 0 Å². The number of unbranched alkanes of at least 4 members (excludes halogenated alkanes) is 2. The minimum Gasteiger partial charge on any atom is -0.490 e. The summed E-state index contributed by atoms with van der Waals surface area (Å²) in [6, 6.07) is 16.3. The van der Waals surface area contributed by atoms with Gasteiger partial charge in [0.2, 0.25) is 0 Å². The first-order valence-electron chi connectivity index (χ1n) is 12.1.